The maximum atomic E-state index is 12.8. The molecule has 0 amide bonds. The number of benzene rings is 2. The molecule has 1 atom stereocenters. The van der Waals surface area contributed by atoms with Gasteiger partial charge in [-0.3, -0.25) is 0 Å². The molecule has 28 heavy (non-hydrogen) atoms. The van der Waals surface area contributed by atoms with Gasteiger partial charge in [0.15, 0.2) is 0 Å². The van der Waals surface area contributed by atoms with Crippen molar-refractivity contribution in [2.24, 2.45) is 0 Å². The number of ether oxygens (including phenoxy) is 3. The van der Waals surface area contributed by atoms with Crippen LogP contribution in [0.1, 0.15) is 36.0 Å². The summed E-state index contributed by atoms with van der Waals surface area (Å²) >= 11 is 0. The van der Waals surface area contributed by atoms with Crippen LogP contribution < -0.4 is 4.74 Å². The van der Waals surface area contributed by atoms with Crippen LogP contribution in [0.5, 0.6) is 5.75 Å². The lowest BCUT2D eigenvalue weighted by molar-refractivity contribution is -0.137. The summed E-state index contributed by atoms with van der Waals surface area (Å²) < 4.78 is 16.6. The number of allylic oxidation sites excluding steroid dienone is 1. The molecule has 0 saturated heterocycles. The molecule has 5 nitrogen and oxygen atoms in total. The van der Waals surface area contributed by atoms with Crippen LogP contribution in [0.4, 0.5) is 0 Å². The van der Waals surface area contributed by atoms with Crippen LogP contribution in [-0.4, -0.2) is 18.5 Å². The Labute approximate surface area is 163 Å². The molecule has 2 aliphatic rings. The Hall–Kier alpha value is -3.34. The van der Waals surface area contributed by atoms with Crippen LogP contribution in [0.2, 0.25) is 0 Å². The van der Waals surface area contributed by atoms with Gasteiger partial charge in [0.25, 0.3) is 0 Å². The Kier molecular flexibility index (Phi) is 4.74. The van der Waals surface area contributed by atoms with Crippen molar-refractivity contribution in [2.75, 3.05) is 6.61 Å². The van der Waals surface area contributed by atoms with Crippen molar-refractivity contribution in [1.82, 2.24) is 0 Å². The minimum Gasteiger partial charge on any atom is -0.463 e. The summed E-state index contributed by atoms with van der Waals surface area (Å²) in [6, 6.07) is 15.2. The van der Waals surface area contributed by atoms with Crippen molar-refractivity contribution in [3.63, 3.8) is 0 Å². The highest BCUT2D eigenvalue weighted by molar-refractivity contribution is 6.01. The molecule has 0 N–H and O–H groups in total. The van der Waals surface area contributed by atoms with Crippen LogP contribution in [0.3, 0.4) is 0 Å². The van der Waals surface area contributed by atoms with Gasteiger partial charge in [-0.05, 0) is 25.5 Å². The molecule has 1 unspecified atom stereocenters. The van der Waals surface area contributed by atoms with E-state index in [9.17, 15) is 9.59 Å². The highest BCUT2D eigenvalue weighted by Gasteiger charge is 2.40. The second kappa shape index (κ2) is 7.35. The van der Waals surface area contributed by atoms with E-state index in [1.54, 1.807) is 6.92 Å². The Morgan fingerprint density at radius 1 is 1.18 bits per heavy atom. The third-order valence-electron chi connectivity index (χ3n) is 4.80. The number of fused-ring (bicyclic) bond motifs is 3. The quantitative estimate of drug-likeness (QED) is 0.455. The second-order valence-electron chi connectivity index (χ2n) is 6.76. The number of esters is 2. The fraction of sp³-hybridized carbons (Fsp3) is 0.217. The van der Waals surface area contributed by atoms with Gasteiger partial charge in [0.1, 0.15) is 17.3 Å². The summed E-state index contributed by atoms with van der Waals surface area (Å²) in [4.78, 5) is 24.8. The standard InChI is InChI=1S/C23H20O5/c1-3-26-20(24)13-16-12-18-17-10-9-14(2)11-19(17)28-23(25)21(18)22(27-16)15-7-5-4-6-8-15/h4-11,13,18H,3,12H2,1-2H3/b16-13+. The molecule has 2 heterocycles. The smallest absolute Gasteiger partial charge is 0.343 e. The van der Waals surface area contributed by atoms with E-state index in [1.165, 1.54) is 6.08 Å². The number of rotatable bonds is 3. The summed E-state index contributed by atoms with van der Waals surface area (Å²) in [6.45, 7) is 3.99. The zero-order chi connectivity index (χ0) is 19.7. The van der Waals surface area contributed by atoms with E-state index in [4.69, 9.17) is 14.2 Å². The maximum Gasteiger partial charge on any atom is 0.343 e. The van der Waals surface area contributed by atoms with Crippen LogP contribution in [0.25, 0.3) is 5.76 Å². The van der Waals surface area contributed by atoms with Crippen molar-refractivity contribution in [2.45, 2.75) is 26.2 Å². The number of aryl methyl sites for hydroxylation is 1. The van der Waals surface area contributed by atoms with Crippen molar-refractivity contribution in [1.29, 1.82) is 0 Å². The summed E-state index contributed by atoms with van der Waals surface area (Å²) in [5.41, 5.74) is 3.15. The molecule has 0 bridgehead atoms. The van der Waals surface area contributed by atoms with E-state index in [0.29, 0.717) is 29.3 Å². The van der Waals surface area contributed by atoms with Crippen LogP contribution in [-0.2, 0) is 19.1 Å². The van der Waals surface area contributed by atoms with Gasteiger partial charge in [0, 0.05) is 23.5 Å². The summed E-state index contributed by atoms with van der Waals surface area (Å²) in [6.07, 6.45) is 1.74. The number of hydrogen-bond acceptors (Lipinski definition) is 5. The fourth-order valence-electron chi connectivity index (χ4n) is 3.57. The molecule has 0 aliphatic carbocycles. The average molecular weight is 376 g/mol. The van der Waals surface area contributed by atoms with Gasteiger partial charge in [-0.2, -0.15) is 0 Å². The minimum absolute atomic E-state index is 0.249. The lowest BCUT2D eigenvalue weighted by atomic mass is 9.81. The largest absolute Gasteiger partial charge is 0.463 e. The first kappa shape index (κ1) is 18.0. The van der Waals surface area contributed by atoms with Gasteiger partial charge in [-0.1, -0.05) is 42.5 Å². The summed E-state index contributed by atoms with van der Waals surface area (Å²) in [5, 5.41) is 0. The monoisotopic (exact) mass is 376 g/mol. The van der Waals surface area contributed by atoms with E-state index in [0.717, 1.165) is 16.7 Å². The molecule has 2 aromatic carbocycles. The molecular weight excluding hydrogens is 356 g/mol. The topological polar surface area (TPSA) is 61.8 Å². The van der Waals surface area contributed by atoms with Crippen molar-refractivity contribution >= 4 is 17.7 Å². The van der Waals surface area contributed by atoms with Gasteiger partial charge < -0.3 is 14.2 Å². The zero-order valence-electron chi connectivity index (χ0n) is 15.7. The zero-order valence-corrected chi connectivity index (χ0v) is 15.7. The molecule has 0 radical (unpaired) electrons. The molecule has 0 saturated carbocycles. The van der Waals surface area contributed by atoms with Crippen molar-refractivity contribution in [3.8, 4) is 5.75 Å². The first-order valence-electron chi connectivity index (χ1n) is 9.24. The van der Waals surface area contributed by atoms with E-state index >= 15 is 0 Å². The van der Waals surface area contributed by atoms with Gasteiger partial charge in [-0.15, -0.1) is 0 Å². The van der Waals surface area contributed by atoms with Crippen molar-refractivity contribution < 1.29 is 23.8 Å². The maximum absolute atomic E-state index is 12.8. The van der Waals surface area contributed by atoms with E-state index in [2.05, 4.69) is 0 Å². The summed E-state index contributed by atoms with van der Waals surface area (Å²) in [7, 11) is 0. The lowest BCUT2D eigenvalue weighted by Gasteiger charge is -2.33. The molecule has 2 aromatic rings. The van der Waals surface area contributed by atoms with E-state index in [1.807, 2.05) is 55.5 Å². The Morgan fingerprint density at radius 2 is 1.96 bits per heavy atom. The predicted molar refractivity (Wildman–Crippen MR) is 103 cm³/mol. The van der Waals surface area contributed by atoms with Crippen LogP contribution >= 0.6 is 0 Å². The van der Waals surface area contributed by atoms with E-state index < -0.39 is 11.9 Å². The molecule has 0 spiro atoms. The third-order valence-corrected chi connectivity index (χ3v) is 4.80. The molecule has 142 valence electrons. The molecule has 4 rings (SSSR count). The molecule has 5 heteroatoms. The van der Waals surface area contributed by atoms with Crippen LogP contribution in [0, 0.1) is 6.92 Å². The van der Waals surface area contributed by atoms with Gasteiger partial charge in [0.05, 0.1) is 18.3 Å². The van der Waals surface area contributed by atoms with Gasteiger partial charge in [0.2, 0.25) is 0 Å². The first-order chi connectivity index (χ1) is 13.6. The molecule has 0 fully saturated rings. The molecule has 0 aromatic heterocycles. The highest BCUT2D eigenvalue weighted by atomic mass is 16.5. The Morgan fingerprint density at radius 3 is 2.71 bits per heavy atom. The lowest BCUT2D eigenvalue weighted by Crippen LogP contribution is -2.29. The predicted octanol–water partition coefficient (Wildman–Crippen LogP) is 4.28. The highest BCUT2D eigenvalue weighted by Crippen LogP contribution is 2.48. The minimum atomic E-state index is -0.462. The summed E-state index contributed by atoms with van der Waals surface area (Å²) in [5.74, 6) is 0.314. The third kappa shape index (κ3) is 3.31. The van der Waals surface area contributed by atoms with Crippen LogP contribution in [0.15, 0.2) is 65.9 Å². The van der Waals surface area contributed by atoms with Gasteiger partial charge in [-0.25, -0.2) is 9.59 Å². The Balaban J connectivity index is 1.87. The fourth-order valence-corrected chi connectivity index (χ4v) is 3.57. The number of carbonyl (C=O) groups excluding carboxylic acids is 2. The Bertz CT molecular complexity index is 1000. The van der Waals surface area contributed by atoms with Gasteiger partial charge >= 0.3 is 11.9 Å². The molecular formula is C23H20O5. The number of carbonyl (C=O) groups is 2. The SMILES string of the molecule is CCOC(=O)/C=C1\CC2C(=C(c3ccccc3)O1)C(=O)Oc1cc(C)ccc12. The first-order valence-corrected chi connectivity index (χ1v) is 9.24. The second-order valence-corrected chi connectivity index (χ2v) is 6.76. The molecule has 2 aliphatic heterocycles. The van der Waals surface area contributed by atoms with Crippen molar-refractivity contribution in [3.05, 3.63) is 82.6 Å². The number of hydrogen-bond donors (Lipinski definition) is 0. The average Bonchev–Trinajstić information content (AvgIpc) is 2.68. The van der Waals surface area contributed by atoms with E-state index in [-0.39, 0.29) is 12.5 Å². The normalized spacial score (nSPS) is 19.4.